The van der Waals surface area contributed by atoms with E-state index in [-0.39, 0.29) is 6.42 Å². The molecule has 1 unspecified atom stereocenters. The number of nitrogens with zero attached hydrogens (tertiary/aromatic N) is 1. The minimum absolute atomic E-state index is 0.145. The maximum absolute atomic E-state index is 10.4. The number of rotatable bonds is 4. The molecule has 1 aliphatic heterocycles. The number of nitrogens with one attached hydrogen (secondary N) is 1. The third-order valence-electron chi connectivity index (χ3n) is 2.59. The van der Waals surface area contributed by atoms with Gasteiger partial charge in [0.25, 0.3) is 0 Å². The highest BCUT2D eigenvalue weighted by molar-refractivity contribution is 7.99. The monoisotopic (exact) mass is 226 g/mol. The van der Waals surface area contributed by atoms with E-state index in [1.54, 1.807) is 0 Å². The summed E-state index contributed by atoms with van der Waals surface area (Å²) in [5.74, 6) is 2.98. The summed E-state index contributed by atoms with van der Waals surface area (Å²) < 4.78 is 0. The third kappa shape index (κ3) is 2.75. The highest BCUT2D eigenvalue weighted by atomic mass is 32.2. The van der Waals surface area contributed by atoms with Crippen LogP contribution in [0.2, 0.25) is 0 Å². The molecule has 15 heavy (non-hydrogen) atoms. The van der Waals surface area contributed by atoms with Gasteiger partial charge in [-0.3, -0.25) is 4.79 Å². The predicted molar refractivity (Wildman–Crippen MR) is 59.2 cm³/mol. The Balaban J connectivity index is 1.94. The lowest BCUT2D eigenvalue weighted by Crippen LogP contribution is -2.00. The summed E-state index contributed by atoms with van der Waals surface area (Å²) in [7, 11) is 0. The van der Waals surface area contributed by atoms with Crippen molar-refractivity contribution in [2.45, 2.75) is 25.2 Å². The molecular formula is C10H14N2O2S. The molecule has 0 amide bonds. The topological polar surface area (TPSA) is 66.0 Å². The average molecular weight is 226 g/mol. The first-order valence-electron chi connectivity index (χ1n) is 5.09. The van der Waals surface area contributed by atoms with Crippen molar-refractivity contribution >= 4 is 17.7 Å². The van der Waals surface area contributed by atoms with Crippen molar-refractivity contribution in [1.82, 2.24) is 9.97 Å². The van der Waals surface area contributed by atoms with Gasteiger partial charge < -0.3 is 10.1 Å². The molecule has 1 aromatic heterocycles. The van der Waals surface area contributed by atoms with Gasteiger partial charge in [-0.1, -0.05) is 0 Å². The molecule has 0 aromatic carbocycles. The molecule has 1 saturated heterocycles. The summed E-state index contributed by atoms with van der Waals surface area (Å²) in [5, 5.41) is 8.55. The van der Waals surface area contributed by atoms with E-state index in [0.717, 1.165) is 11.6 Å². The predicted octanol–water partition coefficient (Wildman–Crippen LogP) is 1.65. The molecule has 0 radical (unpaired) electrons. The number of thioether (sulfide) groups is 1. The third-order valence-corrected chi connectivity index (χ3v) is 3.76. The molecule has 1 aliphatic rings. The number of H-pyrrole nitrogens is 1. The maximum atomic E-state index is 10.4. The second-order valence-corrected chi connectivity index (χ2v) is 4.89. The summed E-state index contributed by atoms with van der Waals surface area (Å²) in [6, 6.07) is 0. The van der Waals surface area contributed by atoms with Crippen LogP contribution in [0.4, 0.5) is 0 Å². The summed E-state index contributed by atoms with van der Waals surface area (Å²) in [6.45, 7) is 0. The van der Waals surface area contributed by atoms with E-state index in [0.29, 0.717) is 12.3 Å². The van der Waals surface area contributed by atoms with Crippen LogP contribution < -0.4 is 0 Å². The number of aliphatic carboxylic acids is 1. The number of aryl methyl sites for hydroxylation is 1. The molecule has 1 fully saturated rings. The van der Waals surface area contributed by atoms with Crippen molar-refractivity contribution in [3.8, 4) is 0 Å². The molecular weight excluding hydrogens is 212 g/mol. The minimum atomic E-state index is -0.774. The second-order valence-electron chi connectivity index (χ2n) is 3.74. The molecule has 0 bridgehead atoms. The Morgan fingerprint density at radius 3 is 3.27 bits per heavy atom. The number of hydrogen-bond donors (Lipinski definition) is 2. The van der Waals surface area contributed by atoms with Gasteiger partial charge in [-0.15, -0.1) is 0 Å². The van der Waals surface area contributed by atoms with Crippen molar-refractivity contribution in [3.63, 3.8) is 0 Å². The van der Waals surface area contributed by atoms with Gasteiger partial charge in [0.05, 0.1) is 6.42 Å². The van der Waals surface area contributed by atoms with Gasteiger partial charge in [0.2, 0.25) is 0 Å². The first-order chi connectivity index (χ1) is 7.25. The van der Waals surface area contributed by atoms with E-state index in [9.17, 15) is 4.79 Å². The van der Waals surface area contributed by atoms with Crippen molar-refractivity contribution < 1.29 is 9.90 Å². The number of aromatic nitrogens is 2. The molecule has 5 heteroatoms. The van der Waals surface area contributed by atoms with Crippen LogP contribution in [-0.2, 0) is 11.2 Å². The van der Waals surface area contributed by atoms with Gasteiger partial charge in [-0.2, -0.15) is 11.8 Å². The van der Waals surface area contributed by atoms with Gasteiger partial charge in [0.15, 0.2) is 0 Å². The number of carbonyl (C=O) groups is 1. The number of carboxylic acids is 1. The van der Waals surface area contributed by atoms with E-state index >= 15 is 0 Å². The zero-order chi connectivity index (χ0) is 10.7. The smallest absolute Gasteiger partial charge is 0.303 e. The number of hydrogen-bond acceptors (Lipinski definition) is 3. The van der Waals surface area contributed by atoms with Crippen LogP contribution in [0.25, 0.3) is 0 Å². The Hall–Kier alpha value is -0.970. The van der Waals surface area contributed by atoms with Crippen LogP contribution in [0.15, 0.2) is 6.20 Å². The summed E-state index contributed by atoms with van der Waals surface area (Å²) in [4.78, 5) is 17.8. The zero-order valence-corrected chi connectivity index (χ0v) is 9.22. The molecule has 1 atom stereocenters. The van der Waals surface area contributed by atoms with E-state index in [1.165, 1.54) is 17.9 Å². The summed E-state index contributed by atoms with van der Waals surface area (Å²) in [5.41, 5.74) is 1.17. The average Bonchev–Trinajstić information content (AvgIpc) is 2.85. The molecule has 2 heterocycles. The molecule has 4 nitrogen and oxygen atoms in total. The van der Waals surface area contributed by atoms with Crippen LogP contribution >= 0.6 is 11.8 Å². The molecule has 82 valence electrons. The molecule has 0 spiro atoms. The highest BCUT2D eigenvalue weighted by Crippen LogP contribution is 2.31. The molecule has 2 N–H and O–H groups in total. The Labute approximate surface area is 92.5 Å². The van der Waals surface area contributed by atoms with Gasteiger partial charge in [-0.25, -0.2) is 4.98 Å². The Bertz CT molecular complexity index is 345. The molecule has 0 saturated carbocycles. The van der Waals surface area contributed by atoms with E-state index in [1.807, 2.05) is 18.0 Å². The largest absolute Gasteiger partial charge is 0.481 e. The Morgan fingerprint density at radius 1 is 1.73 bits per heavy atom. The number of imidazole rings is 1. The van der Waals surface area contributed by atoms with Gasteiger partial charge in [0, 0.05) is 30.0 Å². The zero-order valence-electron chi connectivity index (χ0n) is 8.40. The van der Waals surface area contributed by atoms with Crippen LogP contribution in [0, 0.1) is 0 Å². The second kappa shape index (κ2) is 4.70. The summed E-state index contributed by atoms with van der Waals surface area (Å²) >= 11 is 1.96. The van der Waals surface area contributed by atoms with Gasteiger partial charge in [0.1, 0.15) is 5.82 Å². The lowest BCUT2D eigenvalue weighted by Gasteiger charge is -2.03. The van der Waals surface area contributed by atoms with Crippen molar-refractivity contribution in [1.29, 1.82) is 0 Å². The Kier molecular flexibility index (Phi) is 3.30. The van der Waals surface area contributed by atoms with Crippen LogP contribution in [0.1, 0.15) is 30.3 Å². The van der Waals surface area contributed by atoms with E-state index < -0.39 is 5.97 Å². The molecule has 2 rings (SSSR count). The fraction of sp³-hybridized carbons (Fsp3) is 0.600. The minimum Gasteiger partial charge on any atom is -0.481 e. The quantitative estimate of drug-likeness (QED) is 0.819. The first kappa shape index (κ1) is 10.5. The van der Waals surface area contributed by atoms with E-state index in [4.69, 9.17) is 5.11 Å². The normalized spacial score (nSPS) is 20.7. The standard InChI is InChI=1S/C10H14N2O2S/c13-10(14)2-1-9-11-5-8(12-9)7-3-4-15-6-7/h5,7H,1-4,6H2,(H,11,12)(H,13,14). The van der Waals surface area contributed by atoms with Crippen LogP contribution in [0.3, 0.4) is 0 Å². The van der Waals surface area contributed by atoms with Crippen LogP contribution in [-0.4, -0.2) is 32.5 Å². The fourth-order valence-corrected chi connectivity index (χ4v) is 2.97. The molecule has 1 aromatic rings. The number of carboxylic acid groups (broad SMARTS) is 1. The van der Waals surface area contributed by atoms with Crippen molar-refractivity contribution in [2.24, 2.45) is 0 Å². The Morgan fingerprint density at radius 2 is 2.60 bits per heavy atom. The summed E-state index contributed by atoms with van der Waals surface area (Å²) in [6.07, 6.45) is 3.69. The van der Waals surface area contributed by atoms with Crippen molar-refractivity contribution in [2.75, 3.05) is 11.5 Å². The number of aromatic amines is 1. The lowest BCUT2D eigenvalue weighted by molar-refractivity contribution is -0.137. The molecule has 0 aliphatic carbocycles. The lowest BCUT2D eigenvalue weighted by atomic mass is 10.1. The van der Waals surface area contributed by atoms with E-state index in [2.05, 4.69) is 9.97 Å². The van der Waals surface area contributed by atoms with Crippen LogP contribution in [0.5, 0.6) is 0 Å². The highest BCUT2D eigenvalue weighted by Gasteiger charge is 2.19. The maximum Gasteiger partial charge on any atom is 0.303 e. The van der Waals surface area contributed by atoms with Crippen molar-refractivity contribution in [3.05, 3.63) is 17.7 Å². The first-order valence-corrected chi connectivity index (χ1v) is 6.24. The van der Waals surface area contributed by atoms with Gasteiger partial charge in [-0.05, 0) is 12.2 Å². The SMILES string of the molecule is O=C(O)CCc1ncc(C2CCSC2)[nH]1. The fourth-order valence-electron chi connectivity index (χ4n) is 1.72. The van der Waals surface area contributed by atoms with Gasteiger partial charge >= 0.3 is 5.97 Å².